The van der Waals surface area contributed by atoms with E-state index in [1.807, 2.05) is 37.3 Å². The molecule has 0 spiro atoms. The quantitative estimate of drug-likeness (QED) is 0.356. The van der Waals surface area contributed by atoms with Gasteiger partial charge in [-0.1, -0.05) is 18.2 Å². The third-order valence-corrected chi connectivity index (χ3v) is 4.24. The van der Waals surface area contributed by atoms with Crippen molar-refractivity contribution in [2.24, 2.45) is 0 Å². The normalized spacial score (nSPS) is 11.5. The monoisotopic (exact) mass is 378 g/mol. The van der Waals surface area contributed by atoms with Gasteiger partial charge in [0.25, 0.3) is 0 Å². The number of aromatic nitrogens is 4. The van der Waals surface area contributed by atoms with E-state index >= 15 is 0 Å². The van der Waals surface area contributed by atoms with Gasteiger partial charge < -0.3 is 9.15 Å². The van der Waals surface area contributed by atoms with Gasteiger partial charge in [-0.25, -0.2) is 9.78 Å². The molecule has 2 heterocycles. The van der Waals surface area contributed by atoms with E-state index < -0.39 is 12.0 Å². The number of carbonyl (C=O) groups is 1. The summed E-state index contributed by atoms with van der Waals surface area (Å²) in [4.78, 5) is 17.8. The summed E-state index contributed by atoms with van der Waals surface area (Å²) in [5, 5.41) is 7.99. The number of hydrogen-bond acceptors (Lipinski definition) is 6. The van der Waals surface area contributed by atoms with E-state index in [1.165, 1.54) is 24.3 Å². The molecule has 0 N–H and O–H groups in total. The third kappa shape index (κ3) is 4.86. The molecule has 7 heteroatoms. The van der Waals surface area contributed by atoms with Crippen LogP contribution in [0.1, 0.15) is 36.8 Å². The van der Waals surface area contributed by atoms with Gasteiger partial charge in [0.15, 0.2) is 6.04 Å². The molecule has 0 fully saturated rings. The van der Waals surface area contributed by atoms with E-state index in [-0.39, 0.29) is 0 Å². The van der Waals surface area contributed by atoms with Crippen molar-refractivity contribution in [3.8, 4) is 23.3 Å². The first-order valence-corrected chi connectivity index (χ1v) is 9.10. The van der Waals surface area contributed by atoms with Gasteiger partial charge in [-0.3, -0.25) is 0 Å². The average molecular weight is 378 g/mol. The minimum absolute atomic E-state index is 0.308. The number of aryl methyl sites for hydroxylation is 2. The molecule has 3 aromatic rings. The number of ether oxygens (including phenoxy) is 1. The molecule has 7 nitrogen and oxygen atoms in total. The standard InChI is InChI=1S/C21H22N4O3/c1-16-18(24-20(28-16)17-10-6-5-7-11-17)12-8-3-4-9-13-19(21(26)27-2)25-22-14-15-23-25/h5-7,10-11,14-15,19H,3,8,12-13H2,1-2H3. The average Bonchev–Trinajstić information content (AvgIpc) is 3.38. The van der Waals surface area contributed by atoms with Gasteiger partial charge in [0, 0.05) is 18.4 Å². The van der Waals surface area contributed by atoms with E-state index in [1.54, 1.807) is 0 Å². The van der Waals surface area contributed by atoms with Crippen molar-refractivity contribution >= 4 is 5.97 Å². The number of esters is 1. The number of nitrogens with zero attached hydrogens (tertiary/aromatic N) is 4. The molecule has 0 aliphatic rings. The molecular weight excluding hydrogens is 356 g/mol. The number of oxazole rings is 1. The van der Waals surface area contributed by atoms with Crippen LogP contribution in [-0.2, 0) is 16.0 Å². The first kappa shape index (κ1) is 19.4. The van der Waals surface area contributed by atoms with Gasteiger partial charge in [0.2, 0.25) is 5.89 Å². The second kappa shape index (κ2) is 9.51. The summed E-state index contributed by atoms with van der Waals surface area (Å²) in [6.07, 6.45) is 5.70. The second-order valence-corrected chi connectivity index (χ2v) is 6.19. The van der Waals surface area contributed by atoms with E-state index in [2.05, 4.69) is 27.0 Å². The predicted octanol–water partition coefficient (Wildman–Crippen LogP) is 3.37. The van der Waals surface area contributed by atoms with Gasteiger partial charge in [-0.05, 0) is 31.9 Å². The number of rotatable bonds is 7. The van der Waals surface area contributed by atoms with Crippen LogP contribution < -0.4 is 0 Å². The van der Waals surface area contributed by atoms with Gasteiger partial charge in [-0.2, -0.15) is 15.0 Å². The molecule has 0 saturated heterocycles. The fraction of sp³-hybridized carbons (Fsp3) is 0.333. The Hall–Kier alpha value is -3.40. The number of methoxy groups -OCH3 is 1. The maximum Gasteiger partial charge on any atom is 0.333 e. The Bertz CT molecular complexity index is 953. The van der Waals surface area contributed by atoms with Crippen LogP contribution in [0.3, 0.4) is 0 Å². The number of unbranched alkanes of at least 4 members (excludes halogenated alkanes) is 1. The van der Waals surface area contributed by atoms with Crippen molar-refractivity contribution in [1.82, 2.24) is 20.0 Å². The summed E-state index contributed by atoms with van der Waals surface area (Å²) >= 11 is 0. The lowest BCUT2D eigenvalue weighted by Crippen LogP contribution is -2.22. The SMILES string of the molecule is COC(=O)C(CC#CCCCc1nc(-c2ccccc2)oc1C)n1nccn1. The van der Waals surface area contributed by atoms with Crippen molar-refractivity contribution < 1.29 is 13.9 Å². The summed E-state index contributed by atoms with van der Waals surface area (Å²) in [6, 6.07) is 9.22. The van der Waals surface area contributed by atoms with Crippen LogP contribution in [0.15, 0.2) is 47.1 Å². The largest absolute Gasteiger partial charge is 0.467 e. The Morgan fingerprint density at radius 1 is 1.21 bits per heavy atom. The lowest BCUT2D eigenvalue weighted by Gasteiger charge is -2.10. The van der Waals surface area contributed by atoms with Gasteiger partial charge in [-0.15, -0.1) is 11.8 Å². The van der Waals surface area contributed by atoms with E-state index in [4.69, 9.17) is 9.15 Å². The molecule has 0 amide bonds. The first-order chi connectivity index (χ1) is 13.7. The summed E-state index contributed by atoms with van der Waals surface area (Å²) in [5.74, 6) is 7.20. The minimum atomic E-state index is -0.626. The van der Waals surface area contributed by atoms with Gasteiger partial charge in [0.1, 0.15) is 5.76 Å². The number of hydrogen-bond donors (Lipinski definition) is 0. The molecule has 0 radical (unpaired) electrons. The molecule has 1 atom stereocenters. The second-order valence-electron chi connectivity index (χ2n) is 6.19. The highest BCUT2D eigenvalue weighted by Crippen LogP contribution is 2.22. The molecule has 1 aromatic carbocycles. The van der Waals surface area contributed by atoms with Crippen molar-refractivity contribution in [3.63, 3.8) is 0 Å². The highest BCUT2D eigenvalue weighted by molar-refractivity contribution is 5.74. The Labute approximate surface area is 163 Å². The van der Waals surface area contributed by atoms with Crippen LogP contribution >= 0.6 is 0 Å². The molecule has 0 aliphatic heterocycles. The topological polar surface area (TPSA) is 83.0 Å². The maximum absolute atomic E-state index is 11.9. The van der Waals surface area contributed by atoms with E-state index in [0.29, 0.717) is 18.7 Å². The lowest BCUT2D eigenvalue weighted by atomic mass is 10.1. The van der Waals surface area contributed by atoms with Gasteiger partial charge in [0.05, 0.1) is 25.2 Å². The number of carbonyl (C=O) groups excluding carboxylic acids is 1. The molecule has 2 aromatic heterocycles. The Balaban J connectivity index is 1.51. The summed E-state index contributed by atoms with van der Waals surface area (Å²) in [6.45, 7) is 1.93. The van der Waals surface area contributed by atoms with Crippen LogP contribution in [0.25, 0.3) is 11.5 Å². The van der Waals surface area contributed by atoms with Crippen LogP contribution in [0.5, 0.6) is 0 Å². The van der Waals surface area contributed by atoms with Crippen LogP contribution in [0.2, 0.25) is 0 Å². The summed E-state index contributed by atoms with van der Waals surface area (Å²) in [7, 11) is 1.34. The minimum Gasteiger partial charge on any atom is -0.467 e. The van der Waals surface area contributed by atoms with Gasteiger partial charge >= 0.3 is 5.97 Å². The third-order valence-electron chi connectivity index (χ3n) is 4.24. The smallest absolute Gasteiger partial charge is 0.333 e. The zero-order chi connectivity index (χ0) is 19.8. The van der Waals surface area contributed by atoms with Crippen molar-refractivity contribution in [2.45, 2.75) is 38.6 Å². The summed E-state index contributed by atoms with van der Waals surface area (Å²) < 4.78 is 10.6. The zero-order valence-electron chi connectivity index (χ0n) is 16.0. The molecule has 28 heavy (non-hydrogen) atoms. The molecule has 0 saturated carbocycles. The maximum atomic E-state index is 11.9. The lowest BCUT2D eigenvalue weighted by molar-refractivity contribution is -0.145. The number of benzene rings is 1. The van der Waals surface area contributed by atoms with E-state index in [0.717, 1.165) is 29.9 Å². The van der Waals surface area contributed by atoms with Crippen molar-refractivity contribution in [3.05, 3.63) is 54.2 Å². The Kier molecular flexibility index (Phi) is 6.58. The van der Waals surface area contributed by atoms with Crippen LogP contribution in [0, 0.1) is 18.8 Å². The molecule has 3 rings (SSSR count). The molecule has 0 aliphatic carbocycles. The predicted molar refractivity (Wildman–Crippen MR) is 103 cm³/mol. The Morgan fingerprint density at radius 3 is 2.68 bits per heavy atom. The fourth-order valence-electron chi connectivity index (χ4n) is 2.75. The first-order valence-electron chi connectivity index (χ1n) is 9.10. The fourth-order valence-corrected chi connectivity index (χ4v) is 2.75. The van der Waals surface area contributed by atoms with Crippen LogP contribution in [-0.4, -0.2) is 33.1 Å². The molecule has 0 bridgehead atoms. The summed E-state index contributed by atoms with van der Waals surface area (Å²) in [5.41, 5.74) is 1.92. The highest BCUT2D eigenvalue weighted by atomic mass is 16.5. The highest BCUT2D eigenvalue weighted by Gasteiger charge is 2.21. The molecule has 1 unspecified atom stereocenters. The van der Waals surface area contributed by atoms with Crippen molar-refractivity contribution in [1.29, 1.82) is 0 Å². The zero-order valence-corrected chi connectivity index (χ0v) is 16.0. The van der Waals surface area contributed by atoms with E-state index in [9.17, 15) is 4.79 Å². The molecular formula is C21H22N4O3. The van der Waals surface area contributed by atoms with Crippen molar-refractivity contribution in [2.75, 3.05) is 7.11 Å². The van der Waals surface area contributed by atoms with Crippen LogP contribution in [0.4, 0.5) is 0 Å². The molecule has 144 valence electrons. The Morgan fingerprint density at radius 2 is 1.96 bits per heavy atom.